The molecule has 2 rings (SSSR count). The Labute approximate surface area is 122 Å². The Morgan fingerprint density at radius 3 is 2.40 bits per heavy atom. The van der Waals surface area contributed by atoms with Crippen molar-refractivity contribution in [2.75, 3.05) is 13.1 Å². The zero-order valence-electron chi connectivity index (χ0n) is 12.2. The van der Waals surface area contributed by atoms with Gasteiger partial charge in [0.25, 0.3) is 0 Å². The van der Waals surface area contributed by atoms with E-state index in [0.717, 1.165) is 37.9 Å². The zero-order chi connectivity index (χ0) is 14.6. The minimum absolute atomic E-state index is 0.123. The van der Waals surface area contributed by atoms with E-state index in [9.17, 15) is 8.42 Å². The van der Waals surface area contributed by atoms with E-state index in [1.165, 1.54) is 0 Å². The minimum atomic E-state index is -3.34. The molecule has 1 aliphatic rings. The quantitative estimate of drug-likeness (QED) is 0.721. The van der Waals surface area contributed by atoms with E-state index in [2.05, 4.69) is 23.9 Å². The van der Waals surface area contributed by atoms with Crippen LogP contribution < -0.4 is 10.0 Å². The third kappa shape index (κ3) is 4.30. The topological polar surface area (TPSA) is 58.2 Å². The third-order valence-corrected chi connectivity index (χ3v) is 5.17. The second-order valence-corrected chi connectivity index (χ2v) is 7.30. The molecule has 2 unspecified atom stereocenters. The van der Waals surface area contributed by atoms with Gasteiger partial charge in [0, 0.05) is 6.04 Å². The van der Waals surface area contributed by atoms with E-state index in [4.69, 9.17) is 0 Å². The Bertz CT molecular complexity index is 525. The first kappa shape index (κ1) is 15.5. The summed E-state index contributed by atoms with van der Waals surface area (Å²) in [7, 11) is -3.34. The van der Waals surface area contributed by atoms with Crippen molar-refractivity contribution in [1.82, 2.24) is 10.0 Å². The van der Waals surface area contributed by atoms with Crippen molar-refractivity contribution in [3.63, 3.8) is 0 Å². The number of benzene rings is 1. The average Bonchev–Trinajstić information content (AvgIpc) is 3.10. The molecular formula is C15H24N2O2S. The van der Waals surface area contributed by atoms with Crippen molar-refractivity contribution >= 4 is 10.0 Å². The lowest BCUT2D eigenvalue weighted by molar-refractivity contribution is 0.578. The van der Waals surface area contributed by atoms with Crippen LogP contribution in [0.3, 0.4) is 0 Å². The monoisotopic (exact) mass is 296 g/mol. The first-order valence-electron chi connectivity index (χ1n) is 7.35. The summed E-state index contributed by atoms with van der Waals surface area (Å²) in [5, 5.41) is 3.34. The normalized spacial score (nSPS) is 21.9. The van der Waals surface area contributed by atoms with Crippen LogP contribution in [-0.4, -0.2) is 27.5 Å². The standard InChI is InChI=1S/C15H24N2O2S/c1-3-9-16-10-8-13-4-6-14(7-5-13)20(18,19)17-15-11-12(15)2/h4-7,12,15-17H,3,8-11H2,1-2H3. The van der Waals surface area contributed by atoms with Crippen LogP contribution in [0.5, 0.6) is 0 Å². The summed E-state index contributed by atoms with van der Waals surface area (Å²) >= 11 is 0. The van der Waals surface area contributed by atoms with Crippen molar-refractivity contribution in [2.45, 2.75) is 44.0 Å². The first-order valence-corrected chi connectivity index (χ1v) is 8.83. The second kappa shape index (κ2) is 6.70. The molecule has 0 amide bonds. The molecule has 0 aromatic heterocycles. The van der Waals surface area contributed by atoms with E-state index in [1.807, 2.05) is 12.1 Å². The van der Waals surface area contributed by atoms with Crippen molar-refractivity contribution in [3.8, 4) is 0 Å². The molecule has 0 radical (unpaired) electrons. The Morgan fingerprint density at radius 2 is 1.85 bits per heavy atom. The van der Waals surface area contributed by atoms with Gasteiger partial charge in [-0.25, -0.2) is 13.1 Å². The minimum Gasteiger partial charge on any atom is -0.316 e. The number of hydrogen-bond acceptors (Lipinski definition) is 3. The van der Waals surface area contributed by atoms with E-state index in [0.29, 0.717) is 10.8 Å². The molecule has 1 saturated carbocycles. The molecule has 0 spiro atoms. The van der Waals surface area contributed by atoms with E-state index >= 15 is 0 Å². The predicted molar refractivity (Wildman–Crippen MR) is 81.2 cm³/mol. The van der Waals surface area contributed by atoms with E-state index in [1.54, 1.807) is 12.1 Å². The van der Waals surface area contributed by atoms with Crippen LogP contribution in [0.4, 0.5) is 0 Å². The van der Waals surface area contributed by atoms with Gasteiger partial charge in [0.1, 0.15) is 0 Å². The summed E-state index contributed by atoms with van der Waals surface area (Å²) in [6.45, 7) is 6.15. The van der Waals surface area contributed by atoms with Gasteiger partial charge in [-0.3, -0.25) is 0 Å². The number of hydrogen-bond donors (Lipinski definition) is 2. The smallest absolute Gasteiger partial charge is 0.240 e. The fourth-order valence-corrected chi connectivity index (χ4v) is 3.48. The average molecular weight is 296 g/mol. The molecule has 112 valence electrons. The molecule has 1 aliphatic carbocycles. The van der Waals surface area contributed by atoms with Crippen LogP contribution in [0.2, 0.25) is 0 Å². The first-order chi connectivity index (χ1) is 9.53. The van der Waals surface area contributed by atoms with Crippen LogP contribution in [0.25, 0.3) is 0 Å². The Hall–Kier alpha value is -0.910. The lowest BCUT2D eigenvalue weighted by Crippen LogP contribution is -2.26. The molecule has 1 aromatic carbocycles. The molecule has 0 bridgehead atoms. The molecule has 4 nitrogen and oxygen atoms in total. The van der Waals surface area contributed by atoms with E-state index < -0.39 is 10.0 Å². The largest absolute Gasteiger partial charge is 0.316 e. The van der Waals surface area contributed by atoms with Crippen LogP contribution in [0.15, 0.2) is 29.2 Å². The van der Waals surface area contributed by atoms with Gasteiger partial charge in [0.15, 0.2) is 0 Å². The Balaban J connectivity index is 1.90. The van der Waals surface area contributed by atoms with Crippen molar-refractivity contribution in [3.05, 3.63) is 29.8 Å². The SMILES string of the molecule is CCCNCCc1ccc(S(=O)(=O)NC2CC2C)cc1. The maximum absolute atomic E-state index is 12.1. The molecule has 0 aliphatic heterocycles. The van der Waals surface area contributed by atoms with Gasteiger partial charge < -0.3 is 5.32 Å². The summed E-state index contributed by atoms with van der Waals surface area (Å²) in [4.78, 5) is 0.363. The molecule has 1 fully saturated rings. The van der Waals surface area contributed by atoms with Gasteiger partial charge in [-0.2, -0.15) is 0 Å². The summed E-state index contributed by atoms with van der Waals surface area (Å²) in [6, 6.07) is 7.32. The van der Waals surface area contributed by atoms with Crippen molar-refractivity contribution in [1.29, 1.82) is 0 Å². The maximum atomic E-state index is 12.1. The molecule has 1 aromatic rings. The molecular weight excluding hydrogens is 272 g/mol. The molecule has 0 heterocycles. The van der Waals surface area contributed by atoms with Gasteiger partial charge in [0.2, 0.25) is 10.0 Å². The second-order valence-electron chi connectivity index (χ2n) is 5.58. The van der Waals surface area contributed by atoms with Gasteiger partial charge in [-0.15, -0.1) is 0 Å². The fourth-order valence-electron chi connectivity index (χ4n) is 2.12. The van der Waals surface area contributed by atoms with Gasteiger partial charge in [-0.1, -0.05) is 26.0 Å². The van der Waals surface area contributed by atoms with Gasteiger partial charge in [-0.05, 0) is 56.0 Å². The number of sulfonamides is 1. The molecule has 20 heavy (non-hydrogen) atoms. The number of nitrogens with one attached hydrogen (secondary N) is 2. The fraction of sp³-hybridized carbons (Fsp3) is 0.600. The highest BCUT2D eigenvalue weighted by atomic mass is 32.2. The van der Waals surface area contributed by atoms with Crippen LogP contribution in [-0.2, 0) is 16.4 Å². The van der Waals surface area contributed by atoms with Crippen LogP contribution >= 0.6 is 0 Å². The Kier molecular flexibility index (Phi) is 5.18. The molecule has 5 heteroatoms. The highest BCUT2D eigenvalue weighted by Gasteiger charge is 2.36. The lowest BCUT2D eigenvalue weighted by atomic mass is 10.1. The summed E-state index contributed by atoms with van der Waals surface area (Å²) < 4.78 is 27.0. The maximum Gasteiger partial charge on any atom is 0.240 e. The molecule has 2 atom stereocenters. The third-order valence-electron chi connectivity index (χ3n) is 3.67. The summed E-state index contributed by atoms with van der Waals surface area (Å²) in [5.41, 5.74) is 1.16. The van der Waals surface area contributed by atoms with Gasteiger partial charge in [0.05, 0.1) is 4.90 Å². The van der Waals surface area contributed by atoms with Crippen molar-refractivity contribution < 1.29 is 8.42 Å². The highest BCUT2D eigenvalue weighted by Crippen LogP contribution is 2.30. The van der Waals surface area contributed by atoms with Gasteiger partial charge >= 0.3 is 0 Å². The lowest BCUT2D eigenvalue weighted by Gasteiger charge is -2.07. The highest BCUT2D eigenvalue weighted by molar-refractivity contribution is 7.89. The van der Waals surface area contributed by atoms with Crippen molar-refractivity contribution in [2.24, 2.45) is 5.92 Å². The molecule has 0 saturated heterocycles. The zero-order valence-corrected chi connectivity index (χ0v) is 13.0. The summed E-state index contributed by atoms with van der Waals surface area (Å²) in [6.07, 6.45) is 3.00. The predicted octanol–water partition coefficient (Wildman–Crippen LogP) is 1.92. The van der Waals surface area contributed by atoms with E-state index in [-0.39, 0.29) is 6.04 Å². The number of rotatable bonds is 8. The Morgan fingerprint density at radius 1 is 1.20 bits per heavy atom. The van der Waals surface area contributed by atoms with Crippen LogP contribution in [0, 0.1) is 5.92 Å². The van der Waals surface area contributed by atoms with Crippen LogP contribution in [0.1, 0.15) is 32.3 Å². The molecule has 2 N–H and O–H groups in total. The summed E-state index contributed by atoms with van der Waals surface area (Å²) in [5.74, 6) is 0.466.